The molecule has 0 saturated heterocycles. The summed E-state index contributed by atoms with van der Waals surface area (Å²) < 4.78 is 7.63. The summed E-state index contributed by atoms with van der Waals surface area (Å²) in [4.78, 5) is 0. The zero-order valence-corrected chi connectivity index (χ0v) is 12.4. The Morgan fingerprint density at radius 1 is 1.23 bits per heavy atom. The molecule has 0 bridgehead atoms. The first-order valence-electron chi connectivity index (χ1n) is 7.31. The maximum absolute atomic E-state index is 8.90. The number of hydrogen-bond donors (Lipinski definition) is 2. The van der Waals surface area contributed by atoms with E-state index < -0.39 is 0 Å². The fourth-order valence-corrected chi connectivity index (χ4v) is 2.33. The van der Waals surface area contributed by atoms with Crippen LogP contribution < -0.4 is 5.32 Å². The molecule has 114 valence electrons. The summed E-state index contributed by atoms with van der Waals surface area (Å²) in [5.74, 6) is 1.73. The van der Waals surface area contributed by atoms with Gasteiger partial charge in [-0.2, -0.15) is 5.10 Å². The van der Waals surface area contributed by atoms with Crippen molar-refractivity contribution in [2.75, 3.05) is 11.9 Å². The summed E-state index contributed by atoms with van der Waals surface area (Å²) in [7, 11) is 0. The molecule has 0 fully saturated rings. The topological polar surface area (TPSA) is 63.2 Å². The number of anilines is 1. The number of aliphatic hydroxyl groups is 1. The molecular formula is C17H19N3O2. The van der Waals surface area contributed by atoms with Crippen LogP contribution in [0, 0.1) is 0 Å². The summed E-state index contributed by atoms with van der Waals surface area (Å²) in [6.07, 6.45) is 3.61. The van der Waals surface area contributed by atoms with Gasteiger partial charge < -0.3 is 14.8 Å². The summed E-state index contributed by atoms with van der Waals surface area (Å²) >= 11 is 0. The van der Waals surface area contributed by atoms with E-state index in [1.807, 2.05) is 55.6 Å². The molecule has 0 amide bonds. The molecule has 1 aromatic carbocycles. The highest BCUT2D eigenvalue weighted by Crippen LogP contribution is 2.26. The Morgan fingerprint density at radius 3 is 2.82 bits per heavy atom. The van der Waals surface area contributed by atoms with Crippen LogP contribution in [0.4, 0.5) is 5.69 Å². The molecule has 0 spiro atoms. The number of furan rings is 1. The largest absolute Gasteiger partial charge is 0.459 e. The number of aromatic nitrogens is 2. The molecule has 5 heteroatoms. The Bertz CT molecular complexity index is 718. The lowest BCUT2D eigenvalue weighted by atomic mass is 10.2. The molecule has 0 aliphatic heterocycles. The predicted octanol–water partition coefficient (Wildman–Crippen LogP) is 3.31. The molecule has 0 aliphatic carbocycles. The van der Waals surface area contributed by atoms with E-state index in [9.17, 15) is 0 Å². The molecule has 3 aromatic rings. The third-order valence-electron chi connectivity index (χ3n) is 3.46. The Balaban J connectivity index is 1.70. The second-order valence-electron chi connectivity index (χ2n) is 5.15. The lowest BCUT2D eigenvalue weighted by Gasteiger charge is -2.10. The number of hydrogen-bond acceptors (Lipinski definition) is 4. The first kappa shape index (κ1) is 14.4. The van der Waals surface area contributed by atoms with Crippen LogP contribution in [0.3, 0.4) is 0 Å². The average molecular weight is 297 g/mol. The van der Waals surface area contributed by atoms with Gasteiger partial charge in [0.2, 0.25) is 0 Å². The van der Waals surface area contributed by atoms with Gasteiger partial charge in [0.15, 0.2) is 0 Å². The SMILES string of the molecule is CC(Nc1cnn(CCO)c1)c1ccc(-c2ccccc2)o1. The number of benzene rings is 1. The molecule has 0 aliphatic rings. The first-order chi connectivity index (χ1) is 10.8. The van der Waals surface area contributed by atoms with Crippen molar-refractivity contribution in [2.24, 2.45) is 0 Å². The van der Waals surface area contributed by atoms with Gasteiger partial charge in [0.1, 0.15) is 11.5 Å². The minimum atomic E-state index is 0.0317. The van der Waals surface area contributed by atoms with E-state index in [-0.39, 0.29) is 12.6 Å². The van der Waals surface area contributed by atoms with Crippen LogP contribution in [0.1, 0.15) is 18.7 Å². The van der Waals surface area contributed by atoms with Crippen molar-refractivity contribution in [3.63, 3.8) is 0 Å². The van der Waals surface area contributed by atoms with Crippen LogP contribution >= 0.6 is 0 Å². The highest BCUT2D eigenvalue weighted by atomic mass is 16.3. The molecule has 2 aromatic heterocycles. The van der Waals surface area contributed by atoms with E-state index in [1.165, 1.54) is 0 Å². The fourth-order valence-electron chi connectivity index (χ4n) is 2.33. The molecule has 1 atom stereocenters. The van der Waals surface area contributed by atoms with Gasteiger partial charge in [-0.3, -0.25) is 4.68 Å². The van der Waals surface area contributed by atoms with Crippen molar-refractivity contribution in [3.8, 4) is 11.3 Å². The molecule has 22 heavy (non-hydrogen) atoms. The van der Waals surface area contributed by atoms with Gasteiger partial charge in [0.05, 0.1) is 31.1 Å². The lowest BCUT2D eigenvalue weighted by Crippen LogP contribution is -2.05. The Morgan fingerprint density at radius 2 is 2.05 bits per heavy atom. The number of aliphatic hydroxyl groups excluding tert-OH is 1. The fraction of sp³-hybridized carbons (Fsp3) is 0.235. The smallest absolute Gasteiger partial charge is 0.134 e. The van der Waals surface area contributed by atoms with Crippen LogP contribution in [0.25, 0.3) is 11.3 Å². The van der Waals surface area contributed by atoms with Crippen molar-refractivity contribution in [3.05, 3.63) is 60.6 Å². The number of rotatable bonds is 6. The van der Waals surface area contributed by atoms with Crippen LogP contribution in [0.2, 0.25) is 0 Å². The molecule has 3 rings (SSSR count). The van der Waals surface area contributed by atoms with E-state index >= 15 is 0 Å². The normalized spacial score (nSPS) is 12.3. The molecule has 1 unspecified atom stereocenters. The van der Waals surface area contributed by atoms with Crippen molar-refractivity contribution in [2.45, 2.75) is 19.5 Å². The molecule has 2 N–H and O–H groups in total. The second kappa shape index (κ2) is 6.49. The minimum Gasteiger partial charge on any atom is -0.459 e. The van der Waals surface area contributed by atoms with Crippen molar-refractivity contribution in [1.29, 1.82) is 0 Å². The molecule has 0 radical (unpaired) electrons. The lowest BCUT2D eigenvalue weighted by molar-refractivity contribution is 0.269. The zero-order valence-electron chi connectivity index (χ0n) is 12.4. The molecule has 5 nitrogen and oxygen atoms in total. The minimum absolute atomic E-state index is 0.0317. The van der Waals surface area contributed by atoms with E-state index in [1.54, 1.807) is 10.9 Å². The summed E-state index contributed by atoms with van der Waals surface area (Å²) in [6, 6.07) is 14.0. The molecule has 2 heterocycles. The molecular weight excluding hydrogens is 278 g/mol. The maximum Gasteiger partial charge on any atom is 0.134 e. The van der Waals surface area contributed by atoms with Gasteiger partial charge >= 0.3 is 0 Å². The number of nitrogens with one attached hydrogen (secondary N) is 1. The highest BCUT2D eigenvalue weighted by Gasteiger charge is 2.12. The van der Waals surface area contributed by atoms with Crippen molar-refractivity contribution < 1.29 is 9.52 Å². The standard InChI is InChI=1S/C17H19N3O2/c1-13(19-15-11-18-20(12-15)9-10-21)16-7-8-17(22-16)14-5-3-2-4-6-14/h2-8,11-13,19,21H,9-10H2,1H3. The van der Waals surface area contributed by atoms with E-state index in [4.69, 9.17) is 9.52 Å². The summed E-state index contributed by atoms with van der Waals surface area (Å²) in [5, 5.41) is 16.4. The summed E-state index contributed by atoms with van der Waals surface area (Å²) in [5.41, 5.74) is 1.97. The van der Waals surface area contributed by atoms with Crippen LogP contribution in [0.15, 0.2) is 59.3 Å². The van der Waals surface area contributed by atoms with Crippen LogP contribution in [-0.2, 0) is 6.54 Å². The van der Waals surface area contributed by atoms with Gasteiger partial charge in [0.25, 0.3) is 0 Å². The second-order valence-corrected chi connectivity index (χ2v) is 5.15. The van der Waals surface area contributed by atoms with E-state index in [2.05, 4.69) is 10.4 Å². The van der Waals surface area contributed by atoms with Crippen LogP contribution in [0.5, 0.6) is 0 Å². The average Bonchev–Trinajstić information content (AvgIpc) is 3.18. The predicted molar refractivity (Wildman–Crippen MR) is 85.5 cm³/mol. The van der Waals surface area contributed by atoms with Gasteiger partial charge in [-0.25, -0.2) is 0 Å². The van der Waals surface area contributed by atoms with E-state index in [0.717, 1.165) is 22.8 Å². The monoisotopic (exact) mass is 297 g/mol. The first-order valence-corrected chi connectivity index (χ1v) is 7.31. The molecule has 0 saturated carbocycles. The maximum atomic E-state index is 8.90. The van der Waals surface area contributed by atoms with Crippen molar-refractivity contribution in [1.82, 2.24) is 9.78 Å². The Hall–Kier alpha value is -2.53. The van der Waals surface area contributed by atoms with Crippen LogP contribution in [-0.4, -0.2) is 21.5 Å². The van der Waals surface area contributed by atoms with Gasteiger partial charge in [-0.15, -0.1) is 0 Å². The quantitative estimate of drug-likeness (QED) is 0.732. The van der Waals surface area contributed by atoms with Gasteiger partial charge in [-0.05, 0) is 19.1 Å². The Kier molecular flexibility index (Phi) is 4.25. The number of nitrogens with zero attached hydrogens (tertiary/aromatic N) is 2. The zero-order chi connectivity index (χ0) is 15.4. The highest BCUT2D eigenvalue weighted by molar-refractivity contribution is 5.57. The Labute approximate surface area is 129 Å². The van der Waals surface area contributed by atoms with Gasteiger partial charge in [-0.1, -0.05) is 30.3 Å². The van der Waals surface area contributed by atoms with Gasteiger partial charge in [0, 0.05) is 11.8 Å². The van der Waals surface area contributed by atoms with Crippen molar-refractivity contribution >= 4 is 5.69 Å². The third-order valence-corrected chi connectivity index (χ3v) is 3.46. The third kappa shape index (κ3) is 3.20. The summed E-state index contributed by atoms with van der Waals surface area (Å²) in [6.45, 7) is 2.61. The van der Waals surface area contributed by atoms with E-state index in [0.29, 0.717) is 6.54 Å².